The number of nitrogens with zero attached hydrogens (tertiary/aromatic N) is 2. The molecule has 0 N–H and O–H groups in total. The lowest BCUT2D eigenvalue weighted by molar-refractivity contribution is 0.0746. The first-order valence-corrected chi connectivity index (χ1v) is 8.51. The molecule has 1 heterocycles. The van der Waals surface area contributed by atoms with E-state index >= 15 is 0 Å². The van der Waals surface area contributed by atoms with Crippen molar-refractivity contribution >= 4 is 27.5 Å². The summed E-state index contributed by atoms with van der Waals surface area (Å²) >= 11 is 3.27. The van der Waals surface area contributed by atoms with Crippen LogP contribution in [0.2, 0.25) is 0 Å². The maximum absolute atomic E-state index is 13.2. The molecule has 6 heteroatoms. The standard InChI is InChI=1S/C18H18BrFN2O2/c1-24-15-5-3-14(4-6-15)21-8-10-22(11-9-21)18(23)16-7-2-13(20)12-17(16)19/h2-7,12H,8-11H2,1H3. The second-order valence-corrected chi connectivity index (χ2v) is 6.46. The minimum Gasteiger partial charge on any atom is -0.497 e. The highest BCUT2D eigenvalue weighted by molar-refractivity contribution is 9.10. The summed E-state index contributed by atoms with van der Waals surface area (Å²) < 4.78 is 18.8. The van der Waals surface area contributed by atoms with Crippen molar-refractivity contribution in [3.05, 3.63) is 58.3 Å². The minimum atomic E-state index is -0.359. The molecule has 3 rings (SSSR count). The number of amides is 1. The summed E-state index contributed by atoms with van der Waals surface area (Å²) in [6.45, 7) is 2.79. The predicted molar refractivity (Wildman–Crippen MR) is 95.2 cm³/mol. The van der Waals surface area contributed by atoms with Crippen LogP contribution in [0.25, 0.3) is 0 Å². The Morgan fingerprint density at radius 3 is 2.33 bits per heavy atom. The van der Waals surface area contributed by atoms with E-state index in [1.807, 2.05) is 24.3 Å². The van der Waals surface area contributed by atoms with Crippen LogP contribution in [0.4, 0.5) is 10.1 Å². The molecule has 0 saturated carbocycles. The van der Waals surface area contributed by atoms with E-state index in [0.717, 1.165) is 24.5 Å². The predicted octanol–water partition coefficient (Wildman–Crippen LogP) is 3.56. The lowest BCUT2D eigenvalue weighted by Gasteiger charge is -2.36. The highest BCUT2D eigenvalue weighted by Crippen LogP contribution is 2.23. The average molecular weight is 393 g/mol. The molecule has 0 bridgehead atoms. The van der Waals surface area contributed by atoms with E-state index in [9.17, 15) is 9.18 Å². The van der Waals surface area contributed by atoms with Gasteiger partial charge in [-0.15, -0.1) is 0 Å². The number of carbonyl (C=O) groups excluding carboxylic acids is 1. The first kappa shape index (κ1) is 16.8. The molecule has 0 aliphatic carbocycles. The molecule has 24 heavy (non-hydrogen) atoms. The van der Waals surface area contributed by atoms with Crippen molar-refractivity contribution in [2.24, 2.45) is 0 Å². The number of hydrogen-bond donors (Lipinski definition) is 0. The van der Waals surface area contributed by atoms with Crippen LogP contribution < -0.4 is 9.64 Å². The van der Waals surface area contributed by atoms with Crippen molar-refractivity contribution in [2.45, 2.75) is 0 Å². The first-order chi connectivity index (χ1) is 11.6. The Balaban J connectivity index is 1.64. The van der Waals surface area contributed by atoms with Crippen molar-refractivity contribution in [1.29, 1.82) is 0 Å². The number of carbonyl (C=O) groups is 1. The summed E-state index contributed by atoms with van der Waals surface area (Å²) in [6, 6.07) is 12.1. The van der Waals surface area contributed by atoms with E-state index < -0.39 is 0 Å². The van der Waals surface area contributed by atoms with Gasteiger partial charge in [-0.3, -0.25) is 4.79 Å². The highest BCUT2D eigenvalue weighted by atomic mass is 79.9. The molecule has 0 unspecified atom stereocenters. The number of anilines is 1. The Labute approximate surface area is 149 Å². The van der Waals surface area contributed by atoms with Crippen LogP contribution in [-0.2, 0) is 0 Å². The number of ether oxygens (including phenoxy) is 1. The van der Waals surface area contributed by atoms with Crippen LogP contribution in [0.1, 0.15) is 10.4 Å². The summed E-state index contributed by atoms with van der Waals surface area (Å²) in [5.41, 5.74) is 1.61. The van der Waals surface area contributed by atoms with Crippen molar-refractivity contribution in [3.8, 4) is 5.75 Å². The quantitative estimate of drug-likeness (QED) is 0.800. The molecule has 2 aromatic rings. The van der Waals surface area contributed by atoms with Gasteiger partial charge in [0.25, 0.3) is 5.91 Å². The summed E-state index contributed by atoms with van der Waals surface area (Å²) in [6.07, 6.45) is 0. The van der Waals surface area contributed by atoms with E-state index in [1.54, 1.807) is 12.0 Å². The second kappa shape index (κ2) is 7.21. The third kappa shape index (κ3) is 3.53. The van der Waals surface area contributed by atoms with Gasteiger partial charge in [0.05, 0.1) is 12.7 Å². The smallest absolute Gasteiger partial charge is 0.255 e. The zero-order chi connectivity index (χ0) is 17.1. The second-order valence-electron chi connectivity index (χ2n) is 5.60. The normalized spacial score (nSPS) is 14.6. The monoisotopic (exact) mass is 392 g/mol. The van der Waals surface area contributed by atoms with Gasteiger partial charge >= 0.3 is 0 Å². The topological polar surface area (TPSA) is 32.8 Å². The van der Waals surface area contributed by atoms with Gasteiger partial charge in [-0.05, 0) is 58.4 Å². The molecule has 1 aliphatic rings. The van der Waals surface area contributed by atoms with Crippen LogP contribution in [0.5, 0.6) is 5.75 Å². The third-order valence-corrected chi connectivity index (χ3v) is 4.82. The average Bonchev–Trinajstić information content (AvgIpc) is 2.61. The summed E-state index contributed by atoms with van der Waals surface area (Å²) in [4.78, 5) is 16.6. The van der Waals surface area contributed by atoms with Gasteiger partial charge in [0.1, 0.15) is 11.6 Å². The molecule has 126 valence electrons. The van der Waals surface area contributed by atoms with Crippen molar-refractivity contribution in [2.75, 3.05) is 38.2 Å². The van der Waals surface area contributed by atoms with Crippen LogP contribution >= 0.6 is 15.9 Å². The van der Waals surface area contributed by atoms with E-state index in [-0.39, 0.29) is 11.7 Å². The summed E-state index contributed by atoms with van der Waals surface area (Å²) in [5, 5.41) is 0. The molecule has 2 aromatic carbocycles. The van der Waals surface area contributed by atoms with Gasteiger partial charge < -0.3 is 14.5 Å². The maximum Gasteiger partial charge on any atom is 0.255 e. The van der Waals surface area contributed by atoms with Crippen molar-refractivity contribution in [3.63, 3.8) is 0 Å². The van der Waals surface area contributed by atoms with Crippen LogP contribution in [0, 0.1) is 5.82 Å². The Kier molecular flexibility index (Phi) is 5.04. The SMILES string of the molecule is COc1ccc(N2CCN(C(=O)c3ccc(F)cc3Br)CC2)cc1. The number of halogens is 2. The molecule has 0 aromatic heterocycles. The molecule has 1 aliphatic heterocycles. The zero-order valence-electron chi connectivity index (χ0n) is 13.3. The minimum absolute atomic E-state index is 0.0729. The van der Waals surface area contributed by atoms with Crippen molar-refractivity contribution in [1.82, 2.24) is 4.90 Å². The number of benzene rings is 2. The van der Waals surface area contributed by atoms with Gasteiger partial charge in [-0.25, -0.2) is 4.39 Å². The number of methoxy groups -OCH3 is 1. The summed E-state index contributed by atoms with van der Waals surface area (Å²) in [7, 11) is 1.65. The molecule has 1 amide bonds. The molecular formula is C18H18BrFN2O2. The molecule has 0 radical (unpaired) electrons. The zero-order valence-corrected chi connectivity index (χ0v) is 14.9. The number of piperazine rings is 1. The summed E-state index contributed by atoms with van der Waals surface area (Å²) in [5.74, 6) is 0.396. The first-order valence-electron chi connectivity index (χ1n) is 7.72. The van der Waals surface area contributed by atoms with E-state index in [1.165, 1.54) is 18.2 Å². The molecule has 0 atom stereocenters. The molecule has 4 nitrogen and oxygen atoms in total. The number of hydrogen-bond acceptors (Lipinski definition) is 3. The Morgan fingerprint density at radius 2 is 1.75 bits per heavy atom. The molecule has 1 saturated heterocycles. The van der Waals surface area contributed by atoms with Gasteiger partial charge in [0.15, 0.2) is 0 Å². The van der Waals surface area contributed by atoms with Gasteiger partial charge in [-0.2, -0.15) is 0 Å². The van der Waals surface area contributed by atoms with Gasteiger partial charge in [0, 0.05) is 36.3 Å². The fourth-order valence-electron chi connectivity index (χ4n) is 2.79. The van der Waals surface area contributed by atoms with Crippen LogP contribution in [-0.4, -0.2) is 44.1 Å². The maximum atomic E-state index is 13.2. The number of rotatable bonds is 3. The largest absolute Gasteiger partial charge is 0.497 e. The fraction of sp³-hybridized carbons (Fsp3) is 0.278. The van der Waals surface area contributed by atoms with E-state index in [2.05, 4.69) is 20.8 Å². The van der Waals surface area contributed by atoms with Crippen molar-refractivity contribution < 1.29 is 13.9 Å². The Morgan fingerprint density at radius 1 is 1.08 bits per heavy atom. The Bertz CT molecular complexity index is 728. The molecule has 1 fully saturated rings. The fourth-order valence-corrected chi connectivity index (χ4v) is 3.31. The lowest BCUT2D eigenvalue weighted by Crippen LogP contribution is -2.48. The molecule has 0 spiro atoms. The van der Waals surface area contributed by atoms with E-state index in [0.29, 0.717) is 23.1 Å². The third-order valence-electron chi connectivity index (χ3n) is 4.17. The van der Waals surface area contributed by atoms with Gasteiger partial charge in [0.2, 0.25) is 0 Å². The van der Waals surface area contributed by atoms with Crippen LogP contribution in [0.15, 0.2) is 46.9 Å². The highest BCUT2D eigenvalue weighted by Gasteiger charge is 2.23. The van der Waals surface area contributed by atoms with Gasteiger partial charge in [-0.1, -0.05) is 0 Å². The van der Waals surface area contributed by atoms with E-state index in [4.69, 9.17) is 4.74 Å². The Hall–Kier alpha value is -2.08. The molecular weight excluding hydrogens is 375 g/mol. The lowest BCUT2D eigenvalue weighted by atomic mass is 10.1. The van der Waals surface area contributed by atoms with Crippen LogP contribution in [0.3, 0.4) is 0 Å².